The molecule has 6 nitrogen and oxygen atoms in total. The molecule has 22 heavy (non-hydrogen) atoms. The lowest BCUT2D eigenvalue weighted by molar-refractivity contribution is -0.143. The van der Waals surface area contributed by atoms with Crippen LogP contribution >= 0.6 is 0 Å². The lowest BCUT2D eigenvalue weighted by Crippen LogP contribution is -2.51. The van der Waals surface area contributed by atoms with Crippen LogP contribution in [0.3, 0.4) is 0 Å². The number of amides is 2. The molecule has 0 spiro atoms. The van der Waals surface area contributed by atoms with Crippen molar-refractivity contribution in [3.05, 3.63) is 0 Å². The summed E-state index contributed by atoms with van der Waals surface area (Å²) in [5, 5.41) is 12.2. The van der Waals surface area contributed by atoms with Gasteiger partial charge in [-0.2, -0.15) is 0 Å². The van der Waals surface area contributed by atoms with Crippen LogP contribution in [0.25, 0.3) is 0 Å². The molecule has 6 heteroatoms. The molecule has 2 heterocycles. The smallest absolute Gasteiger partial charge is 0.317 e. The highest BCUT2D eigenvalue weighted by molar-refractivity contribution is 5.76. The summed E-state index contributed by atoms with van der Waals surface area (Å²) in [6.45, 7) is 8.04. The Labute approximate surface area is 132 Å². The van der Waals surface area contributed by atoms with E-state index in [1.54, 1.807) is 4.90 Å². The van der Waals surface area contributed by atoms with Gasteiger partial charge in [-0.3, -0.25) is 9.69 Å². The van der Waals surface area contributed by atoms with Gasteiger partial charge in [-0.05, 0) is 44.7 Å². The van der Waals surface area contributed by atoms with Crippen LogP contribution in [0.4, 0.5) is 4.79 Å². The molecule has 0 saturated carbocycles. The van der Waals surface area contributed by atoms with E-state index in [9.17, 15) is 14.7 Å². The average Bonchev–Trinajstić information content (AvgIpc) is 2.92. The summed E-state index contributed by atoms with van der Waals surface area (Å²) < 4.78 is 0. The molecule has 2 rings (SSSR count). The molecule has 2 aliphatic heterocycles. The Morgan fingerprint density at radius 1 is 1.32 bits per heavy atom. The van der Waals surface area contributed by atoms with Crippen molar-refractivity contribution in [1.29, 1.82) is 0 Å². The molecule has 2 aliphatic rings. The normalized spacial score (nSPS) is 29.5. The zero-order valence-electron chi connectivity index (χ0n) is 13.8. The van der Waals surface area contributed by atoms with Crippen LogP contribution in [0, 0.1) is 11.8 Å². The molecule has 126 valence electrons. The summed E-state index contributed by atoms with van der Waals surface area (Å²) in [5.74, 6) is -0.990. The van der Waals surface area contributed by atoms with Gasteiger partial charge in [0.2, 0.25) is 0 Å². The van der Waals surface area contributed by atoms with Crippen molar-refractivity contribution in [3.8, 4) is 0 Å². The molecule has 0 aromatic carbocycles. The predicted octanol–water partition coefficient (Wildman–Crippen LogP) is 1.61. The number of aliphatic carboxylic acids is 1. The number of piperidine rings is 1. The molecule has 3 atom stereocenters. The van der Waals surface area contributed by atoms with Crippen LogP contribution < -0.4 is 5.32 Å². The molecule has 0 aromatic rings. The summed E-state index contributed by atoms with van der Waals surface area (Å²) in [6, 6.07) is 0.322. The van der Waals surface area contributed by atoms with Crippen LogP contribution in [0.1, 0.15) is 39.5 Å². The SMILES string of the molecule is CCCN1CCC[C@H]1CNC(=O)N1CC(C)CC(C(=O)O)C1. The number of carbonyl (C=O) groups is 2. The quantitative estimate of drug-likeness (QED) is 0.809. The monoisotopic (exact) mass is 311 g/mol. The fraction of sp³-hybridized carbons (Fsp3) is 0.875. The van der Waals surface area contributed by atoms with E-state index in [-0.39, 0.29) is 11.9 Å². The van der Waals surface area contributed by atoms with Crippen molar-refractivity contribution < 1.29 is 14.7 Å². The predicted molar refractivity (Wildman–Crippen MR) is 84.8 cm³/mol. The highest BCUT2D eigenvalue weighted by Gasteiger charge is 2.32. The van der Waals surface area contributed by atoms with Crippen molar-refractivity contribution in [3.63, 3.8) is 0 Å². The number of hydrogen-bond acceptors (Lipinski definition) is 3. The first-order valence-corrected chi connectivity index (χ1v) is 8.50. The molecule has 0 bridgehead atoms. The summed E-state index contributed by atoms with van der Waals surface area (Å²) in [4.78, 5) is 27.6. The molecular formula is C16H29N3O3. The highest BCUT2D eigenvalue weighted by atomic mass is 16.4. The maximum atomic E-state index is 12.3. The van der Waals surface area contributed by atoms with Crippen molar-refractivity contribution in [1.82, 2.24) is 15.1 Å². The summed E-state index contributed by atoms with van der Waals surface area (Å²) in [7, 11) is 0. The molecule has 2 fully saturated rings. The first-order valence-electron chi connectivity index (χ1n) is 8.50. The molecule has 0 aliphatic carbocycles. The van der Waals surface area contributed by atoms with Gasteiger partial charge in [-0.1, -0.05) is 13.8 Å². The van der Waals surface area contributed by atoms with E-state index in [0.717, 1.165) is 25.9 Å². The van der Waals surface area contributed by atoms with Gasteiger partial charge in [0.1, 0.15) is 0 Å². The second-order valence-corrected chi connectivity index (χ2v) is 6.80. The van der Waals surface area contributed by atoms with Gasteiger partial charge < -0.3 is 15.3 Å². The minimum absolute atomic E-state index is 0.110. The van der Waals surface area contributed by atoms with Crippen LogP contribution in [-0.4, -0.2) is 65.7 Å². The highest BCUT2D eigenvalue weighted by Crippen LogP contribution is 2.22. The van der Waals surface area contributed by atoms with E-state index in [2.05, 4.69) is 17.1 Å². The van der Waals surface area contributed by atoms with Crippen molar-refractivity contribution in [2.45, 2.75) is 45.6 Å². The van der Waals surface area contributed by atoms with Crippen LogP contribution in [0.2, 0.25) is 0 Å². The average molecular weight is 311 g/mol. The number of rotatable bonds is 5. The Morgan fingerprint density at radius 2 is 2.09 bits per heavy atom. The number of nitrogens with zero attached hydrogens (tertiary/aromatic N) is 2. The van der Waals surface area contributed by atoms with Gasteiger partial charge >= 0.3 is 12.0 Å². The van der Waals surface area contributed by atoms with Gasteiger partial charge in [0.25, 0.3) is 0 Å². The second kappa shape index (κ2) is 7.81. The van der Waals surface area contributed by atoms with Crippen LogP contribution in [0.15, 0.2) is 0 Å². The third-order valence-electron chi connectivity index (χ3n) is 4.79. The standard InChI is InChI=1S/C16H29N3O3/c1-3-6-18-7-4-5-14(18)9-17-16(22)19-10-12(2)8-13(11-19)15(20)21/h12-14H,3-11H2,1-2H3,(H,17,22)(H,20,21)/t12?,13?,14-/m0/s1. The van der Waals surface area contributed by atoms with Gasteiger partial charge in [0.05, 0.1) is 5.92 Å². The van der Waals surface area contributed by atoms with Gasteiger partial charge in [0.15, 0.2) is 0 Å². The maximum absolute atomic E-state index is 12.3. The van der Waals surface area contributed by atoms with E-state index in [1.165, 1.54) is 6.42 Å². The van der Waals surface area contributed by atoms with E-state index in [0.29, 0.717) is 32.1 Å². The van der Waals surface area contributed by atoms with Crippen molar-refractivity contribution >= 4 is 12.0 Å². The first kappa shape index (κ1) is 17.1. The molecule has 2 unspecified atom stereocenters. The Morgan fingerprint density at radius 3 is 2.77 bits per heavy atom. The lowest BCUT2D eigenvalue weighted by Gasteiger charge is -2.35. The topological polar surface area (TPSA) is 72.9 Å². The molecule has 2 saturated heterocycles. The minimum atomic E-state index is -0.797. The van der Waals surface area contributed by atoms with Crippen molar-refractivity contribution in [2.75, 3.05) is 32.7 Å². The third-order valence-corrected chi connectivity index (χ3v) is 4.79. The second-order valence-electron chi connectivity index (χ2n) is 6.80. The number of carbonyl (C=O) groups excluding carboxylic acids is 1. The number of likely N-dealkylation sites (tertiary alicyclic amines) is 2. The maximum Gasteiger partial charge on any atom is 0.317 e. The van der Waals surface area contributed by atoms with Gasteiger partial charge in [0, 0.05) is 25.7 Å². The minimum Gasteiger partial charge on any atom is -0.481 e. The van der Waals surface area contributed by atoms with E-state index < -0.39 is 11.9 Å². The molecular weight excluding hydrogens is 282 g/mol. The Kier molecular flexibility index (Phi) is 6.06. The number of carboxylic acid groups (broad SMARTS) is 1. The van der Waals surface area contributed by atoms with E-state index in [4.69, 9.17) is 0 Å². The fourth-order valence-corrected chi connectivity index (χ4v) is 3.72. The zero-order chi connectivity index (χ0) is 16.1. The Balaban J connectivity index is 1.82. The molecule has 0 radical (unpaired) electrons. The largest absolute Gasteiger partial charge is 0.481 e. The number of nitrogens with one attached hydrogen (secondary N) is 1. The Hall–Kier alpha value is -1.30. The van der Waals surface area contributed by atoms with Crippen LogP contribution in [-0.2, 0) is 4.79 Å². The van der Waals surface area contributed by atoms with Crippen LogP contribution in [0.5, 0.6) is 0 Å². The molecule has 0 aromatic heterocycles. The molecule has 2 amide bonds. The first-order chi connectivity index (χ1) is 10.5. The number of hydrogen-bond donors (Lipinski definition) is 2. The zero-order valence-corrected chi connectivity index (χ0v) is 13.8. The Bertz CT molecular complexity index is 402. The van der Waals surface area contributed by atoms with E-state index >= 15 is 0 Å². The summed E-state index contributed by atoms with van der Waals surface area (Å²) in [6.07, 6.45) is 4.12. The van der Waals surface area contributed by atoms with Gasteiger partial charge in [-0.15, -0.1) is 0 Å². The summed E-state index contributed by atoms with van der Waals surface area (Å²) in [5.41, 5.74) is 0. The third kappa shape index (κ3) is 4.35. The van der Waals surface area contributed by atoms with Crippen molar-refractivity contribution in [2.24, 2.45) is 11.8 Å². The lowest BCUT2D eigenvalue weighted by atomic mass is 9.91. The number of carboxylic acids is 1. The molecule has 2 N–H and O–H groups in total. The fourth-order valence-electron chi connectivity index (χ4n) is 3.72. The van der Waals surface area contributed by atoms with E-state index in [1.807, 2.05) is 6.92 Å². The summed E-state index contributed by atoms with van der Waals surface area (Å²) >= 11 is 0. The number of urea groups is 1. The van der Waals surface area contributed by atoms with Gasteiger partial charge in [-0.25, -0.2) is 4.79 Å².